The average molecular weight is 728 g/mol. The first-order chi connectivity index (χ1) is 27.6. The molecule has 6 aromatic rings. The lowest BCUT2D eigenvalue weighted by atomic mass is 9.33. The molecule has 1 unspecified atom stereocenters. The van der Waals surface area contributed by atoms with E-state index in [-0.39, 0.29) is 12.8 Å². The van der Waals surface area contributed by atoms with E-state index in [0.29, 0.717) is 5.92 Å². The predicted octanol–water partition coefficient (Wildman–Crippen LogP) is 10.3. The summed E-state index contributed by atoms with van der Waals surface area (Å²) in [4.78, 5) is 2.41. The molecule has 0 saturated carbocycles. The van der Waals surface area contributed by atoms with Crippen LogP contribution in [0.1, 0.15) is 57.4 Å². The van der Waals surface area contributed by atoms with Crippen LogP contribution < -0.4 is 35.9 Å². The number of allylic oxidation sites excluding steroid dienone is 6. The molecule has 272 valence electrons. The van der Waals surface area contributed by atoms with Crippen molar-refractivity contribution in [2.45, 2.75) is 58.0 Å². The van der Waals surface area contributed by atoms with Crippen molar-refractivity contribution in [1.82, 2.24) is 0 Å². The molecule has 5 aromatic carbocycles. The van der Waals surface area contributed by atoms with Crippen molar-refractivity contribution in [1.29, 1.82) is 0 Å². The zero-order valence-electron chi connectivity index (χ0n) is 31.8. The molecule has 0 bridgehead atoms. The van der Waals surface area contributed by atoms with Crippen molar-refractivity contribution in [2.75, 3.05) is 4.90 Å². The van der Waals surface area contributed by atoms with E-state index < -0.39 is 0 Å². The zero-order valence-corrected chi connectivity index (χ0v) is 31.8. The monoisotopic (exact) mass is 727 g/mol. The average Bonchev–Trinajstić information content (AvgIpc) is 3.63. The molecule has 0 saturated heterocycles. The Bertz CT molecular complexity index is 2840. The highest BCUT2D eigenvalue weighted by atomic mass is 16.5. The van der Waals surface area contributed by atoms with Crippen LogP contribution in [0.2, 0.25) is 0 Å². The molecule has 3 aliphatic carbocycles. The van der Waals surface area contributed by atoms with E-state index in [4.69, 9.17) is 13.9 Å². The van der Waals surface area contributed by atoms with Crippen molar-refractivity contribution in [3.8, 4) is 28.4 Å². The molecule has 0 fully saturated rings. The fourth-order valence-corrected chi connectivity index (χ4v) is 9.46. The van der Waals surface area contributed by atoms with Crippen molar-refractivity contribution in [2.24, 2.45) is 0 Å². The molecule has 0 amide bonds. The standard InChI is InChI=1S/C51H42BNO3/c1-32(2)35-17-11-18-38(27-35)53(44-21-12-20-41-40-19-9-10-22-45(40)56-51(41)44)39-30-48-50-49(31-39)55-47-29-37(34-15-7-4-8-16-34)24-26-43(47)52(50)42-25-23-36(28-46(42)54-48)33-13-5-3-6-14-33/h3-7,9-11,13-15,17-20,22-28,30-32,47H,8,12,16,21,29H2,1-2H3. The Morgan fingerprint density at radius 2 is 1.59 bits per heavy atom. The number of hydrogen-bond donors (Lipinski definition) is 0. The Hall–Kier alpha value is -6.20. The number of nitrogens with zero attached hydrogens (tertiary/aromatic N) is 1. The maximum atomic E-state index is 7.21. The number of ether oxygens (including phenoxy) is 2. The van der Waals surface area contributed by atoms with Crippen LogP contribution in [0, 0.1) is 0 Å². The number of hydrogen-bond acceptors (Lipinski definition) is 4. The van der Waals surface area contributed by atoms with E-state index in [9.17, 15) is 0 Å². The van der Waals surface area contributed by atoms with Crippen LogP contribution >= 0.6 is 0 Å². The van der Waals surface area contributed by atoms with Crippen molar-refractivity contribution < 1.29 is 13.9 Å². The first-order valence-electron chi connectivity index (χ1n) is 20.2. The van der Waals surface area contributed by atoms with Gasteiger partial charge in [-0.2, -0.15) is 0 Å². The maximum Gasteiger partial charge on any atom is 0.255 e. The van der Waals surface area contributed by atoms with Crippen LogP contribution in [0.25, 0.3) is 33.9 Å². The Morgan fingerprint density at radius 3 is 2.46 bits per heavy atom. The van der Waals surface area contributed by atoms with Gasteiger partial charge in [0.2, 0.25) is 0 Å². The van der Waals surface area contributed by atoms with Gasteiger partial charge in [0.1, 0.15) is 28.9 Å². The summed E-state index contributed by atoms with van der Waals surface area (Å²) in [5.74, 6) is 3.01. The lowest BCUT2D eigenvalue weighted by molar-refractivity contribution is 0.240. The smallest absolute Gasteiger partial charge is 0.255 e. The van der Waals surface area contributed by atoms with Gasteiger partial charge < -0.3 is 18.8 Å². The van der Waals surface area contributed by atoms with Crippen LogP contribution in [-0.2, 0) is 0 Å². The Labute approximate surface area is 328 Å². The summed E-state index contributed by atoms with van der Waals surface area (Å²) < 4.78 is 21.0. The summed E-state index contributed by atoms with van der Waals surface area (Å²) in [6.07, 6.45) is 18.4. The minimum absolute atomic E-state index is 0.0241. The molecule has 0 spiro atoms. The molecule has 1 aromatic heterocycles. The zero-order chi connectivity index (χ0) is 37.3. The predicted molar refractivity (Wildman–Crippen MR) is 230 cm³/mol. The second-order valence-electron chi connectivity index (χ2n) is 16.0. The van der Waals surface area contributed by atoms with Gasteiger partial charge in [0.15, 0.2) is 5.42 Å². The third-order valence-corrected chi connectivity index (χ3v) is 12.3. The summed E-state index contributed by atoms with van der Waals surface area (Å²) in [6, 6.07) is 39.2. The van der Waals surface area contributed by atoms with Crippen LogP contribution in [0.4, 0.5) is 11.4 Å². The minimum Gasteiger partial charge on any atom is -0.487 e. The van der Waals surface area contributed by atoms with Crippen molar-refractivity contribution in [3.63, 3.8) is 0 Å². The normalized spacial score (nSPS) is 17.7. The fraction of sp³-hybridized carbons (Fsp3) is 0.176. The van der Waals surface area contributed by atoms with Crippen LogP contribution in [-0.4, -0.2) is 12.8 Å². The molecule has 0 radical (unpaired) electrons. The van der Waals surface area contributed by atoms with Gasteiger partial charge in [-0.25, -0.2) is 0 Å². The minimum atomic E-state index is -0.0845. The maximum absolute atomic E-state index is 7.21. The van der Waals surface area contributed by atoms with Crippen LogP contribution in [0.3, 0.4) is 0 Å². The molecule has 1 atom stereocenters. The fourth-order valence-electron chi connectivity index (χ4n) is 9.46. The summed E-state index contributed by atoms with van der Waals surface area (Å²) >= 11 is 0. The molecule has 0 N–H and O–H groups in total. The lowest BCUT2D eigenvalue weighted by Crippen LogP contribution is -2.55. The molecule has 2 aliphatic heterocycles. The number of fused-ring (bicyclic) bond motifs is 7. The Kier molecular flexibility index (Phi) is 7.84. The van der Waals surface area contributed by atoms with E-state index in [1.165, 1.54) is 38.4 Å². The van der Waals surface area contributed by atoms with Gasteiger partial charge in [0.25, 0.3) is 6.71 Å². The second-order valence-corrected chi connectivity index (χ2v) is 16.0. The van der Waals surface area contributed by atoms with Gasteiger partial charge in [-0.05, 0) is 89.2 Å². The van der Waals surface area contributed by atoms with E-state index in [1.807, 2.05) is 0 Å². The Balaban J connectivity index is 1.13. The van der Waals surface area contributed by atoms with Gasteiger partial charge >= 0.3 is 0 Å². The van der Waals surface area contributed by atoms with E-state index in [2.05, 4.69) is 164 Å². The highest BCUT2D eigenvalue weighted by Gasteiger charge is 2.45. The second kappa shape index (κ2) is 13.2. The van der Waals surface area contributed by atoms with E-state index in [0.717, 1.165) is 93.8 Å². The number of para-hydroxylation sites is 1. The molecule has 56 heavy (non-hydrogen) atoms. The summed E-state index contributed by atoms with van der Waals surface area (Å²) in [7, 11) is 0. The third kappa shape index (κ3) is 5.44. The molecule has 5 heteroatoms. The van der Waals surface area contributed by atoms with Crippen molar-refractivity contribution >= 4 is 51.8 Å². The van der Waals surface area contributed by atoms with Gasteiger partial charge in [-0.15, -0.1) is 0 Å². The first kappa shape index (κ1) is 33.2. The van der Waals surface area contributed by atoms with Gasteiger partial charge in [-0.3, -0.25) is 0 Å². The topological polar surface area (TPSA) is 34.8 Å². The first-order valence-corrected chi connectivity index (χ1v) is 20.2. The Morgan fingerprint density at radius 1 is 0.714 bits per heavy atom. The number of rotatable bonds is 6. The largest absolute Gasteiger partial charge is 0.487 e. The third-order valence-electron chi connectivity index (χ3n) is 12.3. The summed E-state index contributed by atoms with van der Waals surface area (Å²) in [5, 5.41) is 2.32. The van der Waals surface area contributed by atoms with Crippen LogP contribution in [0.15, 0.2) is 161 Å². The number of benzene rings is 5. The number of furan rings is 1. The SMILES string of the molecule is CC(C)c1cccc(N(C2=c3oc4ccccc4c3=CCC2)c2cc3c4c(c2)OC2CC(C5=CC=CCC5)=CC=C2B4c2ccc(-c4ccccc4)cc2O3)c1. The highest BCUT2D eigenvalue weighted by Crippen LogP contribution is 2.45. The molecule has 3 heterocycles. The highest BCUT2D eigenvalue weighted by molar-refractivity contribution is 6.93. The summed E-state index contributed by atoms with van der Waals surface area (Å²) in [5.41, 5.74) is 15.1. The van der Waals surface area contributed by atoms with Gasteiger partial charge in [-0.1, -0.05) is 129 Å². The molecule has 4 nitrogen and oxygen atoms in total. The summed E-state index contributed by atoms with van der Waals surface area (Å²) in [6.45, 7) is 4.54. The lowest BCUT2D eigenvalue weighted by Gasteiger charge is -2.40. The molecule has 11 rings (SSSR count). The van der Waals surface area contributed by atoms with Gasteiger partial charge in [0, 0.05) is 40.3 Å². The van der Waals surface area contributed by atoms with Gasteiger partial charge in [0.05, 0.1) is 11.4 Å². The molecular weight excluding hydrogens is 685 g/mol. The molecule has 5 aliphatic rings. The number of anilines is 2. The van der Waals surface area contributed by atoms with E-state index >= 15 is 0 Å². The van der Waals surface area contributed by atoms with E-state index in [1.54, 1.807) is 0 Å². The van der Waals surface area contributed by atoms with Crippen molar-refractivity contribution in [3.05, 3.63) is 172 Å². The van der Waals surface area contributed by atoms with Crippen LogP contribution in [0.5, 0.6) is 17.2 Å². The quantitative estimate of drug-likeness (QED) is 0.160. The molecular formula is C51H42BNO3.